The Morgan fingerprint density at radius 2 is 1.93 bits per heavy atom. The number of benzene rings is 2. The average molecular weight is 381 g/mol. The molecule has 0 spiro atoms. The zero-order valence-corrected chi connectivity index (χ0v) is 15.7. The van der Waals surface area contributed by atoms with E-state index in [2.05, 4.69) is 0 Å². The Kier molecular flexibility index (Phi) is 4.43. The fraction of sp³-hybridized carbons (Fsp3) is 0.238. The molecule has 0 saturated carbocycles. The smallest absolute Gasteiger partial charge is 0.348 e. The van der Waals surface area contributed by atoms with Gasteiger partial charge in [0, 0.05) is 10.9 Å². The molecule has 4 rings (SSSR count). The van der Waals surface area contributed by atoms with Crippen LogP contribution in [0.3, 0.4) is 0 Å². The maximum Gasteiger partial charge on any atom is 0.348 e. The Bertz CT molecular complexity index is 1070. The van der Waals surface area contributed by atoms with Crippen LogP contribution in [0.25, 0.3) is 11.0 Å². The van der Waals surface area contributed by atoms with Crippen LogP contribution in [0.1, 0.15) is 16.1 Å². The SMILES string of the molecule is COC(=O)[C@@H]1CN(C(=O)c2oc3ccc(OC)cc3c2C)c2ccccc2O1. The largest absolute Gasteiger partial charge is 0.497 e. The van der Waals surface area contributed by atoms with E-state index in [4.69, 9.17) is 18.6 Å². The van der Waals surface area contributed by atoms with Crippen LogP contribution in [0.15, 0.2) is 46.9 Å². The number of carbonyl (C=O) groups excluding carboxylic acids is 2. The van der Waals surface area contributed by atoms with E-state index in [0.29, 0.717) is 28.3 Å². The number of nitrogens with zero attached hydrogens (tertiary/aromatic N) is 1. The van der Waals surface area contributed by atoms with E-state index in [0.717, 1.165) is 5.39 Å². The van der Waals surface area contributed by atoms with Gasteiger partial charge in [0.05, 0.1) is 26.5 Å². The highest BCUT2D eigenvalue weighted by Gasteiger charge is 2.36. The molecule has 0 aliphatic carbocycles. The van der Waals surface area contributed by atoms with Gasteiger partial charge in [0.1, 0.15) is 17.1 Å². The van der Waals surface area contributed by atoms with Gasteiger partial charge in [-0.2, -0.15) is 0 Å². The summed E-state index contributed by atoms with van der Waals surface area (Å²) in [7, 11) is 2.87. The van der Waals surface area contributed by atoms with Crippen molar-refractivity contribution >= 4 is 28.5 Å². The van der Waals surface area contributed by atoms with E-state index in [1.54, 1.807) is 43.5 Å². The number of para-hydroxylation sites is 2. The third-order valence-corrected chi connectivity index (χ3v) is 4.82. The lowest BCUT2D eigenvalue weighted by Crippen LogP contribution is -2.47. The van der Waals surface area contributed by atoms with Gasteiger partial charge >= 0.3 is 5.97 Å². The van der Waals surface area contributed by atoms with Crippen LogP contribution in [0, 0.1) is 6.92 Å². The van der Waals surface area contributed by atoms with Crippen LogP contribution in [0.5, 0.6) is 11.5 Å². The molecular formula is C21H19NO6. The summed E-state index contributed by atoms with van der Waals surface area (Å²) in [6, 6.07) is 12.4. The number of aryl methyl sites for hydroxylation is 1. The van der Waals surface area contributed by atoms with Crippen LogP contribution >= 0.6 is 0 Å². The minimum atomic E-state index is -0.909. The highest BCUT2D eigenvalue weighted by Crippen LogP contribution is 2.36. The minimum absolute atomic E-state index is 0.0301. The monoisotopic (exact) mass is 381 g/mol. The Morgan fingerprint density at radius 1 is 1.14 bits per heavy atom. The Balaban J connectivity index is 1.77. The number of esters is 1. The number of hydrogen-bond acceptors (Lipinski definition) is 6. The van der Waals surface area contributed by atoms with Gasteiger partial charge in [0.25, 0.3) is 5.91 Å². The first kappa shape index (κ1) is 17.9. The maximum absolute atomic E-state index is 13.4. The first-order valence-corrected chi connectivity index (χ1v) is 8.76. The lowest BCUT2D eigenvalue weighted by atomic mass is 10.1. The molecule has 1 atom stereocenters. The van der Waals surface area contributed by atoms with Crippen LogP contribution in [0.4, 0.5) is 5.69 Å². The molecule has 0 N–H and O–H groups in total. The number of rotatable bonds is 3. The van der Waals surface area contributed by atoms with Crippen molar-refractivity contribution in [3.05, 3.63) is 53.8 Å². The zero-order chi connectivity index (χ0) is 19.8. The summed E-state index contributed by atoms with van der Waals surface area (Å²) in [5, 5.41) is 0.800. The molecule has 0 unspecified atom stereocenters. The average Bonchev–Trinajstić information content (AvgIpc) is 3.07. The van der Waals surface area contributed by atoms with Gasteiger partial charge in [-0.05, 0) is 37.3 Å². The van der Waals surface area contributed by atoms with E-state index in [1.807, 2.05) is 13.0 Å². The molecule has 2 heterocycles. The summed E-state index contributed by atoms with van der Waals surface area (Å²) < 4.78 is 21.6. The van der Waals surface area contributed by atoms with E-state index >= 15 is 0 Å². The summed E-state index contributed by atoms with van der Waals surface area (Å²) in [5.41, 5.74) is 1.87. The zero-order valence-electron chi connectivity index (χ0n) is 15.7. The number of hydrogen-bond donors (Lipinski definition) is 0. The van der Waals surface area contributed by atoms with Crippen molar-refractivity contribution in [2.24, 2.45) is 0 Å². The molecule has 144 valence electrons. The number of anilines is 1. The molecule has 1 aliphatic heterocycles. The molecule has 1 aliphatic rings. The molecule has 0 bridgehead atoms. The molecule has 0 fully saturated rings. The van der Waals surface area contributed by atoms with Crippen molar-refractivity contribution in [1.29, 1.82) is 0 Å². The third kappa shape index (κ3) is 2.85. The van der Waals surface area contributed by atoms with Gasteiger partial charge in [-0.3, -0.25) is 9.69 Å². The maximum atomic E-state index is 13.4. The van der Waals surface area contributed by atoms with E-state index in [1.165, 1.54) is 12.0 Å². The fourth-order valence-electron chi connectivity index (χ4n) is 3.33. The molecule has 7 nitrogen and oxygen atoms in total. The second kappa shape index (κ2) is 6.92. The summed E-state index contributed by atoms with van der Waals surface area (Å²) in [6.07, 6.45) is -0.909. The van der Waals surface area contributed by atoms with Crippen LogP contribution in [0.2, 0.25) is 0 Å². The molecule has 2 aromatic carbocycles. The van der Waals surface area contributed by atoms with Crippen molar-refractivity contribution in [2.45, 2.75) is 13.0 Å². The second-order valence-corrected chi connectivity index (χ2v) is 6.43. The van der Waals surface area contributed by atoms with Crippen molar-refractivity contribution in [1.82, 2.24) is 0 Å². The number of furan rings is 1. The normalized spacial score (nSPS) is 15.7. The molecule has 0 saturated heterocycles. The highest BCUT2D eigenvalue weighted by atomic mass is 16.6. The standard InChI is InChI=1S/C21H19NO6/c1-12-14-10-13(25-2)8-9-16(14)28-19(12)20(23)22-11-18(21(24)26-3)27-17-7-5-4-6-15(17)22/h4-10,18H,11H2,1-3H3/t18-/m0/s1. The van der Waals surface area contributed by atoms with Crippen molar-refractivity contribution in [2.75, 3.05) is 25.7 Å². The summed E-state index contributed by atoms with van der Waals surface area (Å²) in [4.78, 5) is 26.9. The topological polar surface area (TPSA) is 78.2 Å². The second-order valence-electron chi connectivity index (χ2n) is 6.43. The molecular weight excluding hydrogens is 362 g/mol. The first-order chi connectivity index (χ1) is 13.5. The fourth-order valence-corrected chi connectivity index (χ4v) is 3.33. The number of carbonyl (C=O) groups is 2. The van der Waals surface area contributed by atoms with Gasteiger partial charge in [0.2, 0.25) is 6.10 Å². The molecule has 0 radical (unpaired) electrons. The van der Waals surface area contributed by atoms with Gasteiger partial charge in [-0.25, -0.2) is 4.79 Å². The van der Waals surface area contributed by atoms with E-state index < -0.39 is 12.1 Å². The van der Waals surface area contributed by atoms with Crippen molar-refractivity contribution in [3.8, 4) is 11.5 Å². The Morgan fingerprint density at radius 3 is 2.68 bits per heavy atom. The van der Waals surface area contributed by atoms with Crippen molar-refractivity contribution in [3.63, 3.8) is 0 Å². The summed E-state index contributed by atoms with van der Waals surface area (Å²) >= 11 is 0. The quantitative estimate of drug-likeness (QED) is 0.648. The van der Waals surface area contributed by atoms with E-state index in [-0.39, 0.29) is 18.2 Å². The van der Waals surface area contributed by atoms with Crippen molar-refractivity contribution < 1.29 is 28.2 Å². The third-order valence-electron chi connectivity index (χ3n) is 4.82. The highest BCUT2D eigenvalue weighted by molar-refractivity contribution is 6.09. The predicted octanol–water partition coefficient (Wildman–Crippen LogP) is 3.33. The minimum Gasteiger partial charge on any atom is -0.497 e. The predicted molar refractivity (Wildman–Crippen MR) is 102 cm³/mol. The molecule has 1 amide bonds. The summed E-state index contributed by atoms with van der Waals surface area (Å²) in [5.74, 6) is 0.435. The molecule has 28 heavy (non-hydrogen) atoms. The Hall–Kier alpha value is -3.48. The van der Waals surface area contributed by atoms with Crippen LogP contribution in [-0.4, -0.2) is 38.7 Å². The summed E-state index contributed by atoms with van der Waals surface area (Å²) in [6.45, 7) is 1.85. The van der Waals surface area contributed by atoms with Crippen LogP contribution in [-0.2, 0) is 9.53 Å². The van der Waals surface area contributed by atoms with Crippen LogP contribution < -0.4 is 14.4 Å². The molecule has 3 aromatic rings. The number of amides is 1. The van der Waals surface area contributed by atoms with E-state index in [9.17, 15) is 9.59 Å². The first-order valence-electron chi connectivity index (χ1n) is 8.76. The van der Waals surface area contributed by atoms with Gasteiger partial charge in [-0.15, -0.1) is 0 Å². The van der Waals surface area contributed by atoms with Gasteiger partial charge in [0.15, 0.2) is 5.76 Å². The molecule has 1 aromatic heterocycles. The number of ether oxygens (including phenoxy) is 3. The number of methoxy groups -OCH3 is 2. The number of fused-ring (bicyclic) bond motifs is 2. The molecule has 7 heteroatoms. The Labute approximate surface area is 161 Å². The lowest BCUT2D eigenvalue weighted by molar-refractivity contribution is -0.148. The van der Waals surface area contributed by atoms with Gasteiger partial charge in [-0.1, -0.05) is 12.1 Å². The lowest BCUT2D eigenvalue weighted by Gasteiger charge is -2.33. The van der Waals surface area contributed by atoms with Gasteiger partial charge < -0.3 is 18.6 Å².